The monoisotopic (exact) mass is 226 g/mol. The Labute approximate surface area is 91.8 Å². The maximum Gasteiger partial charge on any atom is 0.181 e. The number of nitrogens with one attached hydrogen (secondary N) is 1. The van der Waals surface area contributed by atoms with Crippen LogP contribution in [0.25, 0.3) is 11.2 Å². The van der Waals surface area contributed by atoms with Crippen LogP contribution in [0.2, 0.25) is 0 Å². The predicted octanol–water partition coefficient (Wildman–Crippen LogP) is 1.81. The van der Waals surface area contributed by atoms with Crippen molar-refractivity contribution in [1.82, 2.24) is 19.5 Å². The van der Waals surface area contributed by atoms with Crippen LogP contribution in [0.1, 0.15) is 6.42 Å². The van der Waals surface area contributed by atoms with Crippen molar-refractivity contribution in [3.63, 3.8) is 0 Å². The number of nitrogens with zero attached hydrogens (tertiary/aromatic N) is 3. The van der Waals surface area contributed by atoms with Crippen LogP contribution in [0.3, 0.4) is 0 Å². The molecule has 0 atom stereocenters. The van der Waals surface area contributed by atoms with Gasteiger partial charge in [-0.15, -0.1) is 0 Å². The molecular weight excluding hydrogens is 216 g/mol. The third-order valence-electron chi connectivity index (χ3n) is 1.97. The minimum Gasteiger partial charge on any atom is -0.341 e. The molecule has 74 valence electrons. The SMILES string of the molecule is S=c1c2[nH]cnc2ncn1CCCS. The lowest BCUT2D eigenvalue weighted by Crippen LogP contribution is -2.02. The molecule has 2 heterocycles. The van der Waals surface area contributed by atoms with Crippen LogP contribution in [-0.4, -0.2) is 25.3 Å². The summed E-state index contributed by atoms with van der Waals surface area (Å²) in [7, 11) is 0. The van der Waals surface area contributed by atoms with Gasteiger partial charge in [-0.2, -0.15) is 12.6 Å². The Morgan fingerprint density at radius 2 is 2.36 bits per heavy atom. The molecule has 0 bridgehead atoms. The lowest BCUT2D eigenvalue weighted by molar-refractivity contribution is 0.664. The topological polar surface area (TPSA) is 46.5 Å². The Bertz CT molecular complexity index is 487. The number of imidazole rings is 1. The zero-order valence-electron chi connectivity index (χ0n) is 7.47. The average Bonchev–Trinajstić information content (AvgIpc) is 2.66. The van der Waals surface area contributed by atoms with Crippen molar-refractivity contribution >= 4 is 36.0 Å². The molecule has 0 aliphatic heterocycles. The maximum absolute atomic E-state index is 5.29. The largest absolute Gasteiger partial charge is 0.341 e. The molecule has 0 amide bonds. The van der Waals surface area contributed by atoms with Crippen LogP contribution in [0.15, 0.2) is 12.7 Å². The summed E-state index contributed by atoms with van der Waals surface area (Å²) in [5, 5.41) is 0. The first-order chi connectivity index (χ1) is 6.83. The van der Waals surface area contributed by atoms with Crippen molar-refractivity contribution in [2.75, 3.05) is 5.75 Å². The van der Waals surface area contributed by atoms with Crippen LogP contribution in [-0.2, 0) is 6.54 Å². The lowest BCUT2D eigenvalue weighted by atomic mass is 10.4. The summed E-state index contributed by atoms with van der Waals surface area (Å²) in [6, 6.07) is 0. The van der Waals surface area contributed by atoms with Gasteiger partial charge in [0, 0.05) is 6.54 Å². The molecule has 0 saturated heterocycles. The number of rotatable bonds is 3. The fraction of sp³-hybridized carbons (Fsp3) is 0.375. The number of thiol groups is 1. The summed E-state index contributed by atoms with van der Waals surface area (Å²) < 4.78 is 2.70. The fourth-order valence-electron chi connectivity index (χ4n) is 1.26. The van der Waals surface area contributed by atoms with Crippen molar-refractivity contribution < 1.29 is 0 Å². The van der Waals surface area contributed by atoms with Crippen LogP contribution in [0, 0.1) is 4.64 Å². The molecule has 14 heavy (non-hydrogen) atoms. The number of aromatic amines is 1. The van der Waals surface area contributed by atoms with Crippen molar-refractivity contribution in [2.45, 2.75) is 13.0 Å². The molecule has 0 aromatic carbocycles. The van der Waals surface area contributed by atoms with E-state index in [9.17, 15) is 0 Å². The molecule has 1 N–H and O–H groups in total. The molecule has 0 fully saturated rings. The van der Waals surface area contributed by atoms with Crippen molar-refractivity contribution in [3.8, 4) is 0 Å². The summed E-state index contributed by atoms with van der Waals surface area (Å²) >= 11 is 9.45. The Hall–Kier alpha value is -0.880. The highest BCUT2D eigenvalue weighted by Gasteiger charge is 2.01. The molecule has 0 aliphatic rings. The second kappa shape index (κ2) is 4.10. The minimum absolute atomic E-state index is 0.678. The number of aromatic nitrogens is 4. The van der Waals surface area contributed by atoms with E-state index in [1.807, 2.05) is 4.57 Å². The van der Waals surface area contributed by atoms with Gasteiger partial charge < -0.3 is 9.55 Å². The van der Waals surface area contributed by atoms with E-state index in [-0.39, 0.29) is 0 Å². The Balaban J connectivity index is 2.46. The van der Waals surface area contributed by atoms with Crippen LogP contribution < -0.4 is 0 Å². The van der Waals surface area contributed by atoms with E-state index in [0.29, 0.717) is 5.65 Å². The average molecular weight is 226 g/mol. The molecule has 0 saturated carbocycles. The summed E-state index contributed by atoms with van der Waals surface area (Å²) in [6.07, 6.45) is 4.32. The number of H-pyrrole nitrogens is 1. The summed E-state index contributed by atoms with van der Waals surface area (Å²) in [6.45, 7) is 0.851. The first kappa shape index (κ1) is 9.67. The van der Waals surface area contributed by atoms with Crippen LogP contribution in [0.4, 0.5) is 0 Å². The van der Waals surface area contributed by atoms with Gasteiger partial charge in [0.2, 0.25) is 0 Å². The van der Waals surface area contributed by atoms with Gasteiger partial charge >= 0.3 is 0 Å². The predicted molar refractivity (Wildman–Crippen MR) is 61.2 cm³/mol. The highest BCUT2D eigenvalue weighted by molar-refractivity contribution is 7.80. The van der Waals surface area contributed by atoms with Gasteiger partial charge in [0.05, 0.1) is 12.7 Å². The number of aryl methyl sites for hydroxylation is 1. The van der Waals surface area contributed by atoms with Gasteiger partial charge in [0.15, 0.2) is 5.65 Å². The van der Waals surface area contributed by atoms with Gasteiger partial charge in [0.25, 0.3) is 0 Å². The van der Waals surface area contributed by atoms with Crippen LogP contribution >= 0.6 is 24.8 Å². The number of hydrogen-bond acceptors (Lipinski definition) is 4. The smallest absolute Gasteiger partial charge is 0.181 e. The standard InChI is InChI=1S/C8H10N4S2/c13-3-1-2-12-5-11-7-6(8(12)14)9-4-10-7/h4-5,13H,1-3H2,(H,9,10). The molecule has 0 spiro atoms. The second-order valence-electron chi connectivity index (χ2n) is 2.92. The lowest BCUT2D eigenvalue weighted by Gasteiger charge is -2.04. The highest BCUT2D eigenvalue weighted by Crippen LogP contribution is 2.07. The fourth-order valence-corrected chi connectivity index (χ4v) is 1.69. The summed E-state index contributed by atoms with van der Waals surface area (Å²) in [5.74, 6) is 0.850. The zero-order chi connectivity index (χ0) is 9.97. The molecule has 0 radical (unpaired) electrons. The molecule has 2 aromatic rings. The molecule has 2 aromatic heterocycles. The van der Waals surface area contributed by atoms with Crippen molar-refractivity contribution in [3.05, 3.63) is 17.3 Å². The van der Waals surface area contributed by atoms with Gasteiger partial charge in [-0.25, -0.2) is 9.97 Å². The van der Waals surface area contributed by atoms with E-state index in [4.69, 9.17) is 12.2 Å². The normalized spacial score (nSPS) is 10.9. The maximum atomic E-state index is 5.29. The van der Waals surface area contributed by atoms with Gasteiger partial charge in [-0.3, -0.25) is 0 Å². The number of hydrogen-bond donors (Lipinski definition) is 2. The van der Waals surface area contributed by atoms with E-state index in [0.717, 1.165) is 28.9 Å². The Morgan fingerprint density at radius 3 is 3.14 bits per heavy atom. The highest BCUT2D eigenvalue weighted by atomic mass is 32.1. The molecular formula is C8H10N4S2. The molecule has 2 rings (SSSR count). The third kappa shape index (κ3) is 1.67. The minimum atomic E-state index is 0.678. The quantitative estimate of drug-likeness (QED) is 0.620. The van der Waals surface area contributed by atoms with E-state index < -0.39 is 0 Å². The molecule has 0 unspecified atom stereocenters. The summed E-state index contributed by atoms with van der Waals surface area (Å²) in [4.78, 5) is 11.2. The van der Waals surface area contributed by atoms with Crippen molar-refractivity contribution in [1.29, 1.82) is 0 Å². The first-order valence-corrected chi connectivity index (χ1v) is 5.36. The number of fused-ring (bicyclic) bond motifs is 1. The Kier molecular flexibility index (Phi) is 2.83. The zero-order valence-corrected chi connectivity index (χ0v) is 9.18. The Morgan fingerprint density at radius 1 is 1.50 bits per heavy atom. The summed E-state index contributed by atoms with van der Waals surface area (Å²) in [5.41, 5.74) is 1.51. The van der Waals surface area contributed by atoms with Gasteiger partial charge in [-0.1, -0.05) is 12.2 Å². The first-order valence-electron chi connectivity index (χ1n) is 4.32. The van der Waals surface area contributed by atoms with E-state index >= 15 is 0 Å². The van der Waals surface area contributed by atoms with E-state index in [1.54, 1.807) is 12.7 Å². The molecule has 6 heteroatoms. The van der Waals surface area contributed by atoms with Crippen LogP contribution in [0.5, 0.6) is 0 Å². The molecule has 0 aliphatic carbocycles. The van der Waals surface area contributed by atoms with E-state index in [1.165, 1.54) is 0 Å². The second-order valence-corrected chi connectivity index (χ2v) is 3.76. The van der Waals surface area contributed by atoms with Gasteiger partial charge in [0.1, 0.15) is 10.2 Å². The van der Waals surface area contributed by atoms with Gasteiger partial charge in [-0.05, 0) is 12.2 Å². The van der Waals surface area contributed by atoms with Crippen molar-refractivity contribution in [2.24, 2.45) is 0 Å². The molecule has 4 nitrogen and oxygen atoms in total. The third-order valence-corrected chi connectivity index (χ3v) is 2.73. The van der Waals surface area contributed by atoms with E-state index in [2.05, 4.69) is 27.6 Å².